The Bertz CT molecular complexity index is 620. The van der Waals surface area contributed by atoms with Gasteiger partial charge in [-0.15, -0.1) is 0 Å². The van der Waals surface area contributed by atoms with Crippen LogP contribution in [0.15, 0.2) is 0 Å². The molecule has 2 fully saturated rings. The maximum absolute atomic E-state index is 11.6. The monoisotopic (exact) mass is 370 g/mol. The van der Waals surface area contributed by atoms with Gasteiger partial charge in [0.15, 0.2) is 0 Å². The van der Waals surface area contributed by atoms with E-state index >= 15 is 0 Å². The molecule has 11 heteroatoms. The van der Waals surface area contributed by atoms with E-state index in [1.165, 1.54) is 0 Å². The minimum Gasteiger partial charge on any atom is -0.616 e. The number of anilines is 2. The molecule has 0 radical (unpaired) electrons. The van der Waals surface area contributed by atoms with Crippen molar-refractivity contribution in [3.05, 3.63) is 10.1 Å². The summed E-state index contributed by atoms with van der Waals surface area (Å²) in [5.41, 5.74) is -0.214. The van der Waals surface area contributed by atoms with Crippen LogP contribution in [0, 0.1) is 10.1 Å². The van der Waals surface area contributed by atoms with Crippen molar-refractivity contribution in [2.24, 2.45) is 0 Å². The van der Waals surface area contributed by atoms with Gasteiger partial charge in [0.2, 0.25) is 11.8 Å². The van der Waals surface area contributed by atoms with Crippen LogP contribution < -0.4 is 19.9 Å². The minimum absolute atomic E-state index is 0.00210. The molecular formula is C14H22N6O4S. The van der Waals surface area contributed by atoms with Gasteiger partial charge in [0.1, 0.15) is 11.5 Å². The van der Waals surface area contributed by atoms with Crippen LogP contribution in [0.3, 0.4) is 0 Å². The zero-order chi connectivity index (χ0) is 17.8. The lowest BCUT2D eigenvalue weighted by Gasteiger charge is -2.31. The van der Waals surface area contributed by atoms with Crippen LogP contribution >= 0.6 is 0 Å². The number of hydrogen-bond acceptors (Lipinski definition) is 9. The first-order valence-electron chi connectivity index (χ1n) is 8.35. The number of rotatable bonds is 5. The van der Waals surface area contributed by atoms with Gasteiger partial charge in [0, 0.05) is 26.2 Å². The Morgan fingerprint density at radius 3 is 2.48 bits per heavy atom. The predicted molar refractivity (Wildman–Crippen MR) is 95.0 cm³/mol. The molecule has 0 spiro atoms. The van der Waals surface area contributed by atoms with Crippen LogP contribution in [0.25, 0.3) is 0 Å². The van der Waals surface area contributed by atoms with Gasteiger partial charge in [-0.05, 0) is 6.92 Å². The van der Waals surface area contributed by atoms with Gasteiger partial charge in [-0.3, -0.25) is 10.1 Å². The summed E-state index contributed by atoms with van der Waals surface area (Å²) in [6, 6.07) is 0. The van der Waals surface area contributed by atoms with E-state index in [0.29, 0.717) is 30.5 Å². The molecule has 10 nitrogen and oxygen atoms in total. The van der Waals surface area contributed by atoms with Gasteiger partial charge in [-0.1, -0.05) is 11.2 Å². The van der Waals surface area contributed by atoms with Crippen LogP contribution in [-0.4, -0.2) is 76.8 Å². The third-order valence-electron chi connectivity index (χ3n) is 4.16. The lowest BCUT2D eigenvalue weighted by Crippen LogP contribution is -2.45. The molecule has 3 rings (SSSR count). The minimum atomic E-state index is -0.875. The second-order valence-corrected chi connectivity index (χ2v) is 7.46. The topological polar surface area (TPSA) is 120 Å². The molecule has 1 N–H and O–H groups in total. The largest absolute Gasteiger partial charge is 0.616 e. The van der Waals surface area contributed by atoms with Gasteiger partial charge in [-0.2, -0.15) is 9.97 Å². The van der Waals surface area contributed by atoms with Crippen LogP contribution in [0.5, 0.6) is 5.88 Å². The van der Waals surface area contributed by atoms with Crippen molar-refractivity contribution in [2.75, 3.05) is 67.2 Å². The Hall–Kier alpha value is -1.85. The first-order valence-corrected chi connectivity index (χ1v) is 9.83. The molecule has 0 bridgehead atoms. The van der Waals surface area contributed by atoms with E-state index in [4.69, 9.17) is 4.74 Å². The standard InChI is InChI=1S/C14H22N6O4S/c1-2-24-13-11(20(21)22)12(18-7-9-25(23)10-8-18)16-14(17-13)19-5-3-15-4-6-19/h15H,2-10H2,1H3. The summed E-state index contributed by atoms with van der Waals surface area (Å²) in [6.07, 6.45) is 0. The molecule has 2 aliphatic heterocycles. The molecule has 1 aromatic rings. The molecule has 0 aliphatic carbocycles. The Morgan fingerprint density at radius 2 is 1.88 bits per heavy atom. The smallest absolute Gasteiger partial charge is 0.373 e. The molecule has 0 unspecified atom stereocenters. The summed E-state index contributed by atoms with van der Waals surface area (Å²) in [5, 5.41) is 14.9. The van der Waals surface area contributed by atoms with Crippen molar-refractivity contribution in [1.82, 2.24) is 15.3 Å². The molecule has 0 aromatic carbocycles. The molecule has 0 saturated carbocycles. The van der Waals surface area contributed by atoms with Gasteiger partial charge in [0.05, 0.1) is 24.6 Å². The summed E-state index contributed by atoms with van der Waals surface area (Å²) >= 11 is -0.875. The molecule has 0 atom stereocenters. The lowest BCUT2D eigenvalue weighted by molar-refractivity contribution is -0.385. The second-order valence-electron chi connectivity index (χ2n) is 5.76. The number of aromatic nitrogens is 2. The van der Waals surface area contributed by atoms with E-state index in [1.54, 1.807) is 6.92 Å². The van der Waals surface area contributed by atoms with E-state index in [-0.39, 0.29) is 24.0 Å². The van der Waals surface area contributed by atoms with E-state index in [1.807, 2.05) is 9.80 Å². The molecule has 0 amide bonds. The predicted octanol–water partition coefficient (Wildman–Crippen LogP) is -0.238. The van der Waals surface area contributed by atoms with E-state index in [2.05, 4.69) is 15.3 Å². The van der Waals surface area contributed by atoms with E-state index < -0.39 is 16.1 Å². The normalized spacial score (nSPS) is 19.1. The number of hydrogen-bond donors (Lipinski definition) is 1. The molecule has 2 saturated heterocycles. The van der Waals surface area contributed by atoms with Crippen molar-refractivity contribution in [2.45, 2.75) is 6.92 Å². The molecule has 3 heterocycles. The van der Waals surface area contributed by atoms with Crippen LogP contribution in [-0.2, 0) is 11.2 Å². The first kappa shape index (κ1) is 18.0. The highest BCUT2D eigenvalue weighted by atomic mass is 32.2. The maximum atomic E-state index is 11.6. The summed E-state index contributed by atoms with van der Waals surface area (Å²) in [4.78, 5) is 23.8. The fraction of sp³-hybridized carbons (Fsp3) is 0.714. The van der Waals surface area contributed by atoms with Gasteiger partial charge < -0.3 is 24.4 Å². The SMILES string of the molecule is CCOc1nc(N2CCNCC2)nc(N2CC[S+]([O-])CC2)c1[N+](=O)[O-]. The molecular weight excluding hydrogens is 348 g/mol. The zero-order valence-corrected chi connectivity index (χ0v) is 15.0. The quantitative estimate of drug-likeness (QED) is 0.425. The molecule has 138 valence electrons. The average Bonchev–Trinajstić information content (AvgIpc) is 2.62. The van der Waals surface area contributed by atoms with Crippen molar-refractivity contribution in [1.29, 1.82) is 0 Å². The number of nitro groups is 1. The fourth-order valence-corrected chi connectivity index (χ4v) is 3.94. The van der Waals surface area contributed by atoms with Gasteiger partial charge in [-0.25, -0.2) is 0 Å². The van der Waals surface area contributed by atoms with Gasteiger partial charge >= 0.3 is 11.6 Å². The van der Waals surface area contributed by atoms with Crippen LogP contribution in [0.4, 0.5) is 17.5 Å². The van der Waals surface area contributed by atoms with Crippen molar-refractivity contribution >= 4 is 28.6 Å². The Morgan fingerprint density at radius 1 is 1.20 bits per heavy atom. The second kappa shape index (κ2) is 8.02. The van der Waals surface area contributed by atoms with Crippen LogP contribution in [0.1, 0.15) is 6.92 Å². The highest BCUT2D eigenvalue weighted by molar-refractivity contribution is 7.91. The maximum Gasteiger partial charge on any atom is 0.373 e. The summed E-state index contributed by atoms with van der Waals surface area (Å²) in [5.74, 6) is 1.66. The highest BCUT2D eigenvalue weighted by Crippen LogP contribution is 2.36. The average molecular weight is 370 g/mol. The van der Waals surface area contributed by atoms with Crippen molar-refractivity contribution in [3.8, 4) is 5.88 Å². The third-order valence-corrected chi connectivity index (χ3v) is 5.44. The lowest BCUT2D eigenvalue weighted by atomic mass is 10.3. The summed E-state index contributed by atoms with van der Waals surface area (Å²) < 4.78 is 17.1. The summed E-state index contributed by atoms with van der Waals surface area (Å²) in [6.45, 7) is 6.06. The summed E-state index contributed by atoms with van der Waals surface area (Å²) in [7, 11) is 0. The Kier molecular flexibility index (Phi) is 5.76. The van der Waals surface area contributed by atoms with Crippen LogP contribution in [0.2, 0.25) is 0 Å². The highest BCUT2D eigenvalue weighted by Gasteiger charge is 2.33. The number of ether oxygens (including phenoxy) is 1. The molecule has 25 heavy (non-hydrogen) atoms. The zero-order valence-electron chi connectivity index (χ0n) is 14.1. The van der Waals surface area contributed by atoms with Crippen molar-refractivity contribution in [3.63, 3.8) is 0 Å². The van der Waals surface area contributed by atoms with E-state index in [0.717, 1.165) is 26.2 Å². The van der Waals surface area contributed by atoms with E-state index in [9.17, 15) is 14.7 Å². The van der Waals surface area contributed by atoms with Crippen molar-refractivity contribution < 1.29 is 14.2 Å². The first-order chi connectivity index (χ1) is 12.1. The number of nitrogens with one attached hydrogen (secondary N) is 1. The molecule has 2 aliphatic rings. The Balaban J connectivity index is 2.01. The molecule has 1 aromatic heterocycles. The third kappa shape index (κ3) is 4.05. The Labute approximate surface area is 148 Å². The number of piperazine rings is 1. The number of nitrogens with zero attached hydrogens (tertiary/aromatic N) is 5. The fourth-order valence-electron chi connectivity index (χ4n) is 2.89. The van der Waals surface area contributed by atoms with Gasteiger partial charge in [0.25, 0.3) is 0 Å².